The third-order valence-electron chi connectivity index (χ3n) is 1.20. The largest absolute Gasteiger partial charge is 0.534 e. The molecule has 0 saturated heterocycles. The highest BCUT2D eigenvalue weighted by atomic mass is 16.8. The van der Waals surface area contributed by atoms with E-state index in [1.807, 2.05) is 24.3 Å². The van der Waals surface area contributed by atoms with E-state index in [1.54, 1.807) is 0 Å². The zero-order valence-electron chi connectivity index (χ0n) is 4.66. The average Bonchev–Trinajstić information content (AvgIpc) is 2.33. The lowest BCUT2D eigenvalue weighted by Crippen LogP contribution is -1.83. The Morgan fingerprint density at radius 3 is 3.11 bits per heavy atom. The summed E-state index contributed by atoms with van der Waals surface area (Å²) in [6.45, 7) is 0. The van der Waals surface area contributed by atoms with Gasteiger partial charge in [0.15, 0.2) is 0 Å². The number of hydrogen-bond acceptors (Lipinski definition) is 2. The van der Waals surface area contributed by atoms with E-state index < -0.39 is 0 Å². The van der Waals surface area contributed by atoms with Crippen molar-refractivity contribution in [2.45, 2.75) is 0 Å². The Morgan fingerprint density at radius 1 is 1.33 bits per heavy atom. The lowest BCUT2D eigenvalue weighted by Gasteiger charge is -2.06. The predicted octanol–water partition coefficient (Wildman–Crippen LogP) is 1.96. The SMILES string of the molecule is c1ccc2c(c1)[N-]ON2. The minimum Gasteiger partial charge on any atom is -0.534 e. The van der Waals surface area contributed by atoms with Gasteiger partial charge in [0.1, 0.15) is 0 Å². The minimum absolute atomic E-state index is 0.859. The zero-order valence-corrected chi connectivity index (χ0v) is 4.66. The molecule has 0 spiro atoms. The van der Waals surface area contributed by atoms with Gasteiger partial charge in [-0.2, -0.15) is 0 Å². The molecule has 0 radical (unpaired) electrons. The number of benzene rings is 1. The molecule has 0 bridgehead atoms. The van der Waals surface area contributed by atoms with Crippen molar-refractivity contribution in [3.8, 4) is 0 Å². The fourth-order valence-corrected chi connectivity index (χ4v) is 0.761. The lowest BCUT2D eigenvalue weighted by atomic mass is 10.3. The van der Waals surface area contributed by atoms with E-state index in [2.05, 4.69) is 15.9 Å². The molecule has 0 aliphatic carbocycles. The first-order chi connectivity index (χ1) is 4.47. The van der Waals surface area contributed by atoms with Gasteiger partial charge in [0.25, 0.3) is 0 Å². The Labute approximate surface area is 52.5 Å². The van der Waals surface area contributed by atoms with E-state index in [9.17, 15) is 0 Å². The number of fused-ring (bicyclic) bond motifs is 1. The standard InChI is InChI=1S/C6H5N2O/c1-2-4-6-5(3-1)7-9-8-6/h1-4,7H/q-1. The van der Waals surface area contributed by atoms with E-state index >= 15 is 0 Å². The second kappa shape index (κ2) is 1.63. The maximum absolute atomic E-state index is 4.59. The fourth-order valence-electron chi connectivity index (χ4n) is 0.761. The Bertz CT molecular complexity index is 201. The summed E-state index contributed by atoms with van der Waals surface area (Å²) in [5, 5.41) is 0. The highest BCUT2D eigenvalue weighted by Crippen LogP contribution is 2.33. The molecule has 0 aromatic heterocycles. The van der Waals surface area contributed by atoms with Crippen LogP contribution in [0.15, 0.2) is 24.3 Å². The Morgan fingerprint density at radius 2 is 2.22 bits per heavy atom. The van der Waals surface area contributed by atoms with Gasteiger partial charge >= 0.3 is 0 Å². The maximum atomic E-state index is 4.59. The fraction of sp³-hybridized carbons (Fsp3) is 0. The third-order valence-corrected chi connectivity index (χ3v) is 1.20. The van der Waals surface area contributed by atoms with Gasteiger partial charge in [-0.1, -0.05) is 23.9 Å². The van der Waals surface area contributed by atoms with Crippen LogP contribution in [-0.4, -0.2) is 0 Å². The van der Waals surface area contributed by atoms with Crippen molar-refractivity contribution in [1.82, 2.24) is 0 Å². The number of para-hydroxylation sites is 1. The Balaban J connectivity index is 2.54. The van der Waals surface area contributed by atoms with Crippen molar-refractivity contribution in [3.63, 3.8) is 0 Å². The first-order valence-corrected chi connectivity index (χ1v) is 2.69. The first kappa shape index (κ1) is 4.64. The summed E-state index contributed by atoms with van der Waals surface area (Å²) in [7, 11) is 0. The Kier molecular flexibility index (Phi) is 0.841. The highest BCUT2D eigenvalue weighted by Gasteiger charge is 1.95. The number of anilines is 1. The average molecular weight is 121 g/mol. The summed E-state index contributed by atoms with van der Waals surface area (Å²) in [5.74, 6) is 0. The summed E-state index contributed by atoms with van der Waals surface area (Å²) in [5.41, 5.74) is 8.11. The van der Waals surface area contributed by atoms with E-state index in [0.29, 0.717) is 0 Å². The quantitative estimate of drug-likeness (QED) is 0.569. The molecule has 0 unspecified atom stereocenters. The summed E-state index contributed by atoms with van der Waals surface area (Å²) >= 11 is 0. The Hall–Kier alpha value is -1.22. The number of hydrogen-bond donors (Lipinski definition) is 1. The molecular weight excluding hydrogens is 116 g/mol. The van der Waals surface area contributed by atoms with Crippen LogP contribution >= 0.6 is 0 Å². The third kappa shape index (κ3) is 0.622. The highest BCUT2D eigenvalue weighted by molar-refractivity contribution is 5.71. The van der Waals surface area contributed by atoms with Gasteiger partial charge in [-0.15, -0.1) is 0 Å². The van der Waals surface area contributed by atoms with Gasteiger partial charge in [0, 0.05) is 5.69 Å². The van der Waals surface area contributed by atoms with Crippen LogP contribution in [0.1, 0.15) is 0 Å². The van der Waals surface area contributed by atoms with Crippen molar-refractivity contribution in [1.29, 1.82) is 0 Å². The molecule has 9 heavy (non-hydrogen) atoms. The molecule has 1 N–H and O–H groups in total. The van der Waals surface area contributed by atoms with Crippen molar-refractivity contribution in [2.24, 2.45) is 0 Å². The number of nitrogens with zero attached hydrogens (tertiary/aromatic N) is 1. The molecule has 0 saturated carbocycles. The van der Waals surface area contributed by atoms with E-state index in [-0.39, 0.29) is 0 Å². The van der Waals surface area contributed by atoms with Crippen LogP contribution in [0.25, 0.3) is 5.48 Å². The van der Waals surface area contributed by atoms with Crippen molar-refractivity contribution >= 4 is 11.4 Å². The normalized spacial score (nSPS) is 13.8. The van der Waals surface area contributed by atoms with Crippen molar-refractivity contribution in [3.05, 3.63) is 29.7 Å². The van der Waals surface area contributed by atoms with Crippen molar-refractivity contribution < 1.29 is 4.94 Å². The molecule has 1 aromatic rings. The summed E-state index contributed by atoms with van der Waals surface area (Å²) in [6, 6.07) is 7.63. The summed E-state index contributed by atoms with van der Waals surface area (Å²) in [6.07, 6.45) is 0. The van der Waals surface area contributed by atoms with Crippen LogP contribution in [0.4, 0.5) is 11.4 Å². The van der Waals surface area contributed by atoms with E-state index in [0.717, 1.165) is 11.4 Å². The molecule has 0 amide bonds. The van der Waals surface area contributed by atoms with Crippen LogP contribution in [-0.2, 0) is 4.94 Å². The maximum Gasteiger partial charge on any atom is 0.0459 e. The molecule has 0 atom stereocenters. The van der Waals surface area contributed by atoms with Crippen LogP contribution in [0.5, 0.6) is 0 Å². The van der Waals surface area contributed by atoms with Gasteiger partial charge in [0.05, 0.1) is 0 Å². The predicted molar refractivity (Wildman–Crippen MR) is 34.2 cm³/mol. The van der Waals surface area contributed by atoms with Gasteiger partial charge in [-0.25, -0.2) is 0 Å². The molecule has 1 aromatic carbocycles. The molecule has 1 heterocycles. The molecule has 3 nitrogen and oxygen atoms in total. The molecule has 3 heteroatoms. The minimum atomic E-state index is 0.859. The lowest BCUT2D eigenvalue weighted by molar-refractivity contribution is 0.321. The van der Waals surface area contributed by atoms with Crippen LogP contribution in [0.3, 0.4) is 0 Å². The molecule has 1 aliphatic rings. The summed E-state index contributed by atoms with van der Waals surface area (Å²) < 4.78 is 0. The number of nitrogens with one attached hydrogen (secondary N) is 1. The van der Waals surface area contributed by atoms with Crippen LogP contribution < -0.4 is 5.48 Å². The molecule has 2 rings (SSSR count). The van der Waals surface area contributed by atoms with Gasteiger partial charge < -0.3 is 10.4 Å². The molecule has 0 fully saturated rings. The van der Waals surface area contributed by atoms with Crippen LogP contribution in [0, 0.1) is 0 Å². The zero-order chi connectivity index (χ0) is 6.10. The second-order valence-electron chi connectivity index (χ2n) is 1.80. The second-order valence-corrected chi connectivity index (χ2v) is 1.80. The first-order valence-electron chi connectivity index (χ1n) is 2.69. The van der Waals surface area contributed by atoms with Crippen LogP contribution in [0.2, 0.25) is 0 Å². The monoisotopic (exact) mass is 121 g/mol. The molecular formula is C6H5N2O-. The topological polar surface area (TPSA) is 35.4 Å². The number of rotatable bonds is 0. The van der Waals surface area contributed by atoms with Gasteiger partial charge in [0.2, 0.25) is 0 Å². The van der Waals surface area contributed by atoms with Gasteiger partial charge in [-0.3, -0.25) is 5.48 Å². The van der Waals surface area contributed by atoms with Gasteiger partial charge in [-0.05, 0) is 6.07 Å². The van der Waals surface area contributed by atoms with E-state index in [4.69, 9.17) is 0 Å². The van der Waals surface area contributed by atoms with E-state index in [1.165, 1.54) is 0 Å². The smallest absolute Gasteiger partial charge is 0.0459 e. The summed E-state index contributed by atoms with van der Waals surface area (Å²) in [4.78, 5) is 4.59. The molecule has 46 valence electrons. The molecule has 1 aliphatic heterocycles. The van der Waals surface area contributed by atoms with Crippen molar-refractivity contribution in [2.75, 3.05) is 5.48 Å².